The molecule has 1 rings (SSSR count). The van der Waals surface area contributed by atoms with Crippen LogP contribution in [0.3, 0.4) is 0 Å². The normalized spacial score (nSPS) is 11.1. The van der Waals surface area contributed by atoms with Gasteiger partial charge in [-0.05, 0) is 57.5 Å². The van der Waals surface area contributed by atoms with Crippen molar-refractivity contribution in [3.8, 4) is 0 Å². The molecule has 0 spiro atoms. The van der Waals surface area contributed by atoms with Crippen LogP contribution in [0.25, 0.3) is 0 Å². The Labute approximate surface area is 128 Å². The van der Waals surface area contributed by atoms with Crippen molar-refractivity contribution in [2.45, 2.75) is 53.1 Å². The molecule has 1 amide bonds. The lowest BCUT2D eigenvalue weighted by atomic mass is 10.1. The maximum atomic E-state index is 12.0. The smallest absolute Gasteiger partial charge is 0.251 e. The van der Waals surface area contributed by atoms with Crippen LogP contribution < -0.4 is 11.1 Å². The zero-order valence-corrected chi connectivity index (χ0v) is 13.8. The molecule has 0 saturated heterocycles. The van der Waals surface area contributed by atoms with E-state index in [9.17, 15) is 4.79 Å². The summed E-state index contributed by atoms with van der Waals surface area (Å²) in [6, 6.07) is 5.74. The third kappa shape index (κ3) is 5.76. The number of nitrogens with one attached hydrogen (secondary N) is 1. The molecule has 0 atom stereocenters. The topological polar surface area (TPSA) is 58.4 Å². The Bertz CT molecular complexity index is 451. The minimum Gasteiger partial charge on any atom is -0.398 e. The molecule has 21 heavy (non-hydrogen) atoms. The van der Waals surface area contributed by atoms with Crippen molar-refractivity contribution in [3.63, 3.8) is 0 Å². The fraction of sp³-hybridized carbons (Fsp3) is 0.588. The average molecular weight is 291 g/mol. The van der Waals surface area contributed by atoms with Crippen LogP contribution in [0.5, 0.6) is 0 Å². The summed E-state index contributed by atoms with van der Waals surface area (Å²) < 4.78 is 0. The number of rotatable bonds is 8. The van der Waals surface area contributed by atoms with Gasteiger partial charge in [0, 0.05) is 23.8 Å². The molecule has 4 nitrogen and oxygen atoms in total. The number of hydrogen-bond acceptors (Lipinski definition) is 3. The lowest BCUT2D eigenvalue weighted by molar-refractivity contribution is 0.0943. The lowest BCUT2D eigenvalue weighted by Crippen LogP contribution is -2.30. The van der Waals surface area contributed by atoms with Gasteiger partial charge in [0.15, 0.2) is 0 Å². The minimum absolute atomic E-state index is 0.0674. The molecular formula is C17H29N3O. The number of nitrogens with two attached hydrogens (primary N) is 1. The quantitative estimate of drug-likeness (QED) is 0.724. The molecule has 1 aromatic rings. The molecule has 0 heterocycles. The van der Waals surface area contributed by atoms with Gasteiger partial charge in [-0.25, -0.2) is 0 Å². The van der Waals surface area contributed by atoms with Crippen LogP contribution in [0.2, 0.25) is 0 Å². The second-order valence-electron chi connectivity index (χ2n) is 5.82. The van der Waals surface area contributed by atoms with Crippen LogP contribution in [0.1, 0.15) is 56.5 Å². The van der Waals surface area contributed by atoms with E-state index in [2.05, 4.69) is 24.1 Å². The van der Waals surface area contributed by atoms with Crippen molar-refractivity contribution >= 4 is 11.6 Å². The monoisotopic (exact) mass is 291 g/mol. The van der Waals surface area contributed by atoms with Gasteiger partial charge in [0.25, 0.3) is 5.91 Å². The van der Waals surface area contributed by atoms with Crippen LogP contribution in [-0.2, 0) is 6.54 Å². The van der Waals surface area contributed by atoms with Crippen molar-refractivity contribution in [1.82, 2.24) is 10.2 Å². The molecule has 0 saturated carbocycles. The number of hydrogen-bond donors (Lipinski definition) is 2. The maximum absolute atomic E-state index is 12.0. The zero-order valence-electron chi connectivity index (χ0n) is 13.8. The molecule has 3 N–H and O–H groups in total. The number of benzene rings is 1. The van der Waals surface area contributed by atoms with E-state index in [1.54, 1.807) is 6.07 Å². The van der Waals surface area contributed by atoms with Crippen molar-refractivity contribution in [1.29, 1.82) is 0 Å². The van der Waals surface area contributed by atoms with Crippen molar-refractivity contribution in [2.24, 2.45) is 0 Å². The summed E-state index contributed by atoms with van der Waals surface area (Å²) in [6.45, 7) is 11.3. The first kappa shape index (κ1) is 17.5. The minimum atomic E-state index is -0.0674. The predicted molar refractivity (Wildman–Crippen MR) is 89.3 cm³/mol. The van der Waals surface area contributed by atoms with Gasteiger partial charge in [-0.2, -0.15) is 0 Å². The molecule has 1 aromatic carbocycles. The highest BCUT2D eigenvalue weighted by Gasteiger charge is 2.11. The number of nitrogens with zero attached hydrogens (tertiary/aromatic N) is 1. The average Bonchev–Trinajstić information content (AvgIpc) is 2.40. The highest BCUT2D eigenvalue weighted by Crippen LogP contribution is 2.17. The number of nitrogen functional groups attached to an aromatic ring is 1. The van der Waals surface area contributed by atoms with Gasteiger partial charge < -0.3 is 11.1 Å². The molecule has 0 aromatic heterocycles. The first-order chi connectivity index (χ1) is 9.97. The Morgan fingerprint density at radius 3 is 2.33 bits per heavy atom. The van der Waals surface area contributed by atoms with E-state index in [1.807, 2.05) is 26.0 Å². The third-order valence-corrected chi connectivity index (χ3v) is 3.30. The number of carbonyl (C=O) groups excluding carboxylic acids is 1. The predicted octanol–water partition coefficient (Wildman–Crippen LogP) is 3.03. The molecule has 0 radical (unpaired) electrons. The standard InChI is InChI=1S/C17H29N3O/c1-5-9-20(10-6-2)12-15-8-7-14(11-16(15)18)17(21)19-13(3)4/h7-8,11,13H,5-6,9-10,12,18H2,1-4H3,(H,19,21). The summed E-state index contributed by atoms with van der Waals surface area (Å²) in [5.74, 6) is -0.0674. The summed E-state index contributed by atoms with van der Waals surface area (Å²) in [4.78, 5) is 14.4. The highest BCUT2D eigenvalue weighted by atomic mass is 16.1. The molecule has 0 bridgehead atoms. The fourth-order valence-electron chi connectivity index (χ4n) is 2.37. The fourth-order valence-corrected chi connectivity index (χ4v) is 2.37. The van der Waals surface area contributed by atoms with E-state index in [1.165, 1.54) is 0 Å². The summed E-state index contributed by atoms with van der Waals surface area (Å²) in [7, 11) is 0. The number of amides is 1. The second kappa shape index (κ2) is 8.67. The number of carbonyl (C=O) groups is 1. The van der Waals surface area contributed by atoms with Gasteiger partial charge >= 0.3 is 0 Å². The SMILES string of the molecule is CCCN(CCC)Cc1ccc(C(=O)NC(C)C)cc1N. The first-order valence-corrected chi connectivity index (χ1v) is 7.89. The summed E-state index contributed by atoms with van der Waals surface area (Å²) >= 11 is 0. The molecule has 0 aliphatic rings. The van der Waals surface area contributed by atoms with E-state index >= 15 is 0 Å². The van der Waals surface area contributed by atoms with Crippen LogP contribution >= 0.6 is 0 Å². The Hall–Kier alpha value is -1.55. The Morgan fingerprint density at radius 2 is 1.86 bits per heavy atom. The van der Waals surface area contributed by atoms with Crippen molar-refractivity contribution in [3.05, 3.63) is 29.3 Å². The molecule has 118 valence electrons. The molecule has 0 unspecified atom stereocenters. The van der Waals surface area contributed by atoms with Gasteiger partial charge in [-0.1, -0.05) is 19.9 Å². The second-order valence-corrected chi connectivity index (χ2v) is 5.82. The summed E-state index contributed by atoms with van der Waals surface area (Å²) in [5, 5.41) is 2.88. The summed E-state index contributed by atoms with van der Waals surface area (Å²) in [6.07, 6.45) is 2.27. The zero-order chi connectivity index (χ0) is 15.8. The van der Waals surface area contributed by atoms with Crippen LogP contribution in [-0.4, -0.2) is 29.9 Å². The van der Waals surface area contributed by atoms with E-state index in [0.29, 0.717) is 11.3 Å². The third-order valence-electron chi connectivity index (χ3n) is 3.30. The van der Waals surface area contributed by atoms with Gasteiger partial charge in [-0.15, -0.1) is 0 Å². The molecule has 0 aliphatic carbocycles. The van der Waals surface area contributed by atoms with E-state index in [4.69, 9.17) is 5.73 Å². The number of anilines is 1. The van der Waals surface area contributed by atoms with Crippen LogP contribution in [0, 0.1) is 0 Å². The largest absolute Gasteiger partial charge is 0.398 e. The van der Waals surface area contributed by atoms with Gasteiger partial charge in [0.1, 0.15) is 0 Å². The van der Waals surface area contributed by atoms with Crippen molar-refractivity contribution < 1.29 is 4.79 Å². The Balaban J connectivity index is 2.79. The molecule has 4 heteroatoms. The first-order valence-electron chi connectivity index (χ1n) is 7.89. The van der Waals surface area contributed by atoms with Gasteiger partial charge in [-0.3, -0.25) is 9.69 Å². The van der Waals surface area contributed by atoms with Crippen molar-refractivity contribution in [2.75, 3.05) is 18.8 Å². The lowest BCUT2D eigenvalue weighted by Gasteiger charge is -2.22. The Kier molecular flexibility index (Phi) is 7.23. The molecular weight excluding hydrogens is 262 g/mol. The van der Waals surface area contributed by atoms with E-state index in [0.717, 1.165) is 38.0 Å². The van der Waals surface area contributed by atoms with Crippen LogP contribution in [0.4, 0.5) is 5.69 Å². The van der Waals surface area contributed by atoms with Crippen LogP contribution in [0.15, 0.2) is 18.2 Å². The Morgan fingerprint density at radius 1 is 1.24 bits per heavy atom. The van der Waals surface area contributed by atoms with E-state index < -0.39 is 0 Å². The molecule has 0 fully saturated rings. The highest BCUT2D eigenvalue weighted by molar-refractivity contribution is 5.95. The molecule has 0 aliphatic heterocycles. The summed E-state index contributed by atoms with van der Waals surface area (Å²) in [5.41, 5.74) is 8.54. The van der Waals surface area contributed by atoms with E-state index in [-0.39, 0.29) is 11.9 Å². The van der Waals surface area contributed by atoms with Gasteiger partial charge in [0.05, 0.1) is 0 Å². The van der Waals surface area contributed by atoms with Gasteiger partial charge in [0.2, 0.25) is 0 Å². The maximum Gasteiger partial charge on any atom is 0.251 e.